The molecule has 26 heavy (non-hydrogen) atoms. The summed E-state index contributed by atoms with van der Waals surface area (Å²) >= 11 is 6.84. The second-order valence-electron chi connectivity index (χ2n) is 5.67. The summed E-state index contributed by atoms with van der Waals surface area (Å²) in [7, 11) is 0. The fourth-order valence-electron chi connectivity index (χ4n) is 2.67. The maximum absolute atomic E-state index is 5.89. The van der Waals surface area contributed by atoms with E-state index in [1.54, 1.807) is 0 Å². The predicted octanol–water partition coefficient (Wildman–Crippen LogP) is 5.54. The van der Waals surface area contributed by atoms with Gasteiger partial charge in [0.2, 0.25) is 5.95 Å². The molecule has 3 N–H and O–H groups in total. The minimum atomic E-state index is 0.230. The largest absolute Gasteiger partial charge is 0.368 e. The fraction of sp³-hybridized carbons (Fsp3) is 0. The Morgan fingerprint density at radius 3 is 2.50 bits per heavy atom. The Morgan fingerprint density at radius 2 is 1.73 bits per heavy atom. The van der Waals surface area contributed by atoms with Gasteiger partial charge >= 0.3 is 0 Å². The fourth-order valence-corrected chi connectivity index (χ4v) is 3.30. The monoisotopic (exact) mass is 469 g/mol. The van der Waals surface area contributed by atoms with Crippen LogP contribution in [0.1, 0.15) is 0 Å². The summed E-state index contributed by atoms with van der Waals surface area (Å²) in [5, 5.41) is 4.22. The average molecular weight is 471 g/mol. The number of anilines is 3. The molecule has 4 aromatic rings. The van der Waals surface area contributed by atoms with Gasteiger partial charge < -0.3 is 11.1 Å². The SMILES string of the molecule is Nc1nc(Nc2cccc(Br)c2)c2cc(-c3ccc(Br)nc3)ccc2n1. The van der Waals surface area contributed by atoms with E-state index in [0.29, 0.717) is 5.82 Å². The van der Waals surface area contributed by atoms with Gasteiger partial charge in [0.1, 0.15) is 10.4 Å². The molecule has 2 aromatic carbocycles. The van der Waals surface area contributed by atoms with Crippen LogP contribution in [-0.4, -0.2) is 15.0 Å². The van der Waals surface area contributed by atoms with Gasteiger partial charge in [-0.05, 0) is 57.9 Å². The van der Waals surface area contributed by atoms with E-state index in [1.807, 2.05) is 60.8 Å². The van der Waals surface area contributed by atoms with Crippen molar-refractivity contribution in [3.05, 3.63) is 69.9 Å². The van der Waals surface area contributed by atoms with Crippen LogP contribution >= 0.6 is 31.9 Å². The molecule has 0 aliphatic carbocycles. The number of hydrogen-bond donors (Lipinski definition) is 2. The van der Waals surface area contributed by atoms with Gasteiger partial charge in [-0.15, -0.1) is 0 Å². The number of benzene rings is 2. The van der Waals surface area contributed by atoms with E-state index in [0.717, 1.165) is 36.8 Å². The zero-order chi connectivity index (χ0) is 18.1. The molecule has 2 aromatic heterocycles. The number of aromatic nitrogens is 3. The molecule has 7 heteroatoms. The van der Waals surface area contributed by atoms with Crippen LogP contribution < -0.4 is 11.1 Å². The summed E-state index contributed by atoms with van der Waals surface area (Å²) in [6, 6.07) is 17.8. The molecule has 0 fully saturated rings. The number of pyridine rings is 1. The number of halogens is 2. The normalized spacial score (nSPS) is 10.8. The Morgan fingerprint density at radius 1 is 0.885 bits per heavy atom. The lowest BCUT2D eigenvalue weighted by Crippen LogP contribution is -2.01. The first-order chi connectivity index (χ1) is 12.6. The predicted molar refractivity (Wildman–Crippen MR) is 112 cm³/mol. The number of fused-ring (bicyclic) bond motifs is 1. The Labute approximate surface area is 167 Å². The molecule has 0 radical (unpaired) electrons. The van der Waals surface area contributed by atoms with Gasteiger partial charge in [0.05, 0.1) is 5.52 Å². The standard InChI is InChI=1S/C19H13Br2N5/c20-13-2-1-3-14(9-13)24-18-15-8-11(12-5-7-17(21)23-10-12)4-6-16(15)25-19(22)26-18/h1-10H,(H3,22,24,25,26). The summed E-state index contributed by atoms with van der Waals surface area (Å²) in [5.74, 6) is 0.894. The number of nitrogens with zero attached hydrogens (tertiary/aromatic N) is 3. The lowest BCUT2D eigenvalue weighted by atomic mass is 10.1. The van der Waals surface area contributed by atoms with Crippen LogP contribution in [0.2, 0.25) is 0 Å². The van der Waals surface area contributed by atoms with E-state index in [9.17, 15) is 0 Å². The molecule has 0 aliphatic rings. The van der Waals surface area contributed by atoms with E-state index < -0.39 is 0 Å². The second kappa shape index (κ2) is 7.01. The molecule has 2 heterocycles. The van der Waals surface area contributed by atoms with Gasteiger partial charge in [-0.3, -0.25) is 0 Å². The first-order valence-corrected chi connectivity index (χ1v) is 9.39. The highest BCUT2D eigenvalue weighted by atomic mass is 79.9. The molecular formula is C19H13Br2N5. The molecule has 0 saturated carbocycles. The van der Waals surface area contributed by atoms with Crippen molar-refractivity contribution in [1.82, 2.24) is 15.0 Å². The van der Waals surface area contributed by atoms with Crippen molar-refractivity contribution < 1.29 is 0 Å². The molecule has 0 saturated heterocycles. The Kier molecular flexibility index (Phi) is 4.57. The number of nitrogens with one attached hydrogen (secondary N) is 1. The van der Waals surface area contributed by atoms with Crippen molar-refractivity contribution in [3.63, 3.8) is 0 Å². The van der Waals surface area contributed by atoms with Gasteiger partial charge in [-0.1, -0.05) is 34.1 Å². The summed E-state index contributed by atoms with van der Waals surface area (Å²) in [5.41, 5.74) is 9.63. The van der Waals surface area contributed by atoms with E-state index in [4.69, 9.17) is 5.73 Å². The number of hydrogen-bond acceptors (Lipinski definition) is 5. The van der Waals surface area contributed by atoms with Crippen LogP contribution in [0.3, 0.4) is 0 Å². The lowest BCUT2D eigenvalue weighted by Gasteiger charge is -2.11. The van der Waals surface area contributed by atoms with Crippen molar-refractivity contribution in [1.29, 1.82) is 0 Å². The van der Waals surface area contributed by atoms with Crippen molar-refractivity contribution in [2.45, 2.75) is 0 Å². The molecule has 0 bridgehead atoms. The molecule has 4 rings (SSSR count). The number of nitrogens with two attached hydrogens (primary N) is 1. The minimum absolute atomic E-state index is 0.230. The number of nitrogen functional groups attached to an aromatic ring is 1. The van der Waals surface area contributed by atoms with Crippen LogP contribution in [0.5, 0.6) is 0 Å². The summed E-state index contributed by atoms with van der Waals surface area (Å²) in [6.45, 7) is 0. The van der Waals surface area contributed by atoms with Crippen molar-refractivity contribution in [3.8, 4) is 11.1 Å². The third-order valence-electron chi connectivity index (χ3n) is 3.86. The Bertz CT molecular complexity index is 1100. The number of rotatable bonds is 3. The van der Waals surface area contributed by atoms with E-state index in [-0.39, 0.29) is 5.95 Å². The van der Waals surface area contributed by atoms with Gasteiger partial charge in [0.25, 0.3) is 0 Å². The smallest absolute Gasteiger partial charge is 0.222 e. The quantitative estimate of drug-likeness (QED) is 0.384. The van der Waals surface area contributed by atoms with Crippen LogP contribution in [0.4, 0.5) is 17.5 Å². The third kappa shape index (κ3) is 3.54. The van der Waals surface area contributed by atoms with E-state index in [1.165, 1.54) is 0 Å². The summed E-state index contributed by atoms with van der Waals surface area (Å²) in [6.07, 6.45) is 1.82. The van der Waals surface area contributed by atoms with E-state index in [2.05, 4.69) is 52.1 Å². The molecule has 0 spiro atoms. The van der Waals surface area contributed by atoms with Crippen LogP contribution in [0.25, 0.3) is 22.0 Å². The van der Waals surface area contributed by atoms with Gasteiger partial charge in [0.15, 0.2) is 0 Å². The third-order valence-corrected chi connectivity index (χ3v) is 4.82. The second-order valence-corrected chi connectivity index (χ2v) is 7.40. The molecule has 0 amide bonds. The topological polar surface area (TPSA) is 76.7 Å². The van der Waals surface area contributed by atoms with Crippen molar-refractivity contribution in [2.75, 3.05) is 11.1 Å². The van der Waals surface area contributed by atoms with Crippen LogP contribution in [0.15, 0.2) is 69.9 Å². The lowest BCUT2D eigenvalue weighted by molar-refractivity contribution is 1.23. The zero-order valence-electron chi connectivity index (χ0n) is 13.4. The first-order valence-electron chi connectivity index (χ1n) is 7.80. The molecule has 5 nitrogen and oxygen atoms in total. The van der Waals surface area contributed by atoms with Gasteiger partial charge in [-0.25, -0.2) is 9.97 Å². The molecule has 128 valence electrons. The Balaban J connectivity index is 1.83. The van der Waals surface area contributed by atoms with Crippen LogP contribution in [0, 0.1) is 0 Å². The highest BCUT2D eigenvalue weighted by Gasteiger charge is 2.09. The van der Waals surface area contributed by atoms with Crippen molar-refractivity contribution in [2.24, 2.45) is 0 Å². The highest BCUT2D eigenvalue weighted by molar-refractivity contribution is 9.10. The maximum atomic E-state index is 5.89. The molecule has 0 unspecified atom stereocenters. The van der Waals surface area contributed by atoms with Gasteiger partial charge in [-0.2, -0.15) is 4.98 Å². The Hall–Kier alpha value is -2.51. The molecule has 0 aliphatic heterocycles. The molecular weight excluding hydrogens is 458 g/mol. The summed E-state index contributed by atoms with van der Waals surface area (Å²) in [4.78, 5) is 13.0. The van der Waals surface area contributed by atoms with Crippen LogP contribution in [-0.2, 0) is 0 Å². The van der Waals surface area contributed by atoms with Gasteiger partial charge in [0, 0.05) is 27.3 Å². The molecule has 0 atom stereocenters. The van der Waals surface area contributed by atoms with Crippen molar-refractivity contribution >= 4 is 60.2 Å². The zero-order valence-corrected chi connectivity index (χ0v) is 16.6. The average Bonchev–Trinajstić information content (AvgIpc) is 2.62. The maximum Gasteiger partial charge on any atom is 0.222 e. The summed E-state index contributed by atoms with van der Waals surface area (Å²) < 4.78 is 1.78. The first kappa shape index (κ1) is 16.9. The highest BCUT2D eigenvalue weighted by Crippen LogP contribution is 2.30. The van der Waals surface area contributed by atoms with E-state index >= 15 is 0 Å². The minimum Gasteiger partial charge on any atom is -0.368 e.